The number of ether oxygens (including phenoxy) is 1. The van der Waals surface area contributed by atoms with Crippen molar-refractivity contribution in [3.8, 4) is 11.1 Å². The normalized spacial score (nSPS) is 22.5. The number of nitrogens with one attached hydrogen (secondary N) is 2. The molecule has 0 spiro atoms. The van der Waals surface area contributed by atoms with Gasteiger partial charge in [0.1, 0.15) is 6.61 Å². The average molecular weight is 477 g/mol. The molecule has 3 unspecified atom stereocenters. The molecule has 0 heterocycles. The molecule has 184 valence electrons. The average Bonchev–Trinajstić information content (AvgIpc) is 3.52. The minimum atomic E-state index is -0.804. The summed E-state index contributed by atoms with van der Waals surface area (Å²) in [5.74, 6) is -1.15. The highest BCUT2D eigenvalue weighted by molar-refractivity contribution is 5.80. The molecule has 3 aliphatic carbocycles. The summed E-state index contributed by atoms with van der Waals surface area (Å²) >= 11 is 0. The van der Waals surface area contributed by atoms with Crippen LogP contribution in [0.15, 0.2) is 48.5 Å². The van der Waals surface area contributed by atoms with Crippen molar-refractivity contribution < 1.29 is 24.2 Å². The van der Waals surface area contributed by atoms with E-state index >= 15 is 0 Å². The van der Waals surface area contributed by atoms with Crippen molar-refractivity contribution in [1.29, 1.82) is 0 Å². The van der Waals surface area contributed by atoms with Crippen LogP contribution in [0.5, 0.6) is 0 Å². The number of carbonyl (C=O) groups is 3. The highest BCUT2D eigenvalue weighted by Crippen LogP contribution is 2.45. The van der Waals surface area contributed by atoms with Gasteiger partial charge in [-0.3, -0.25) is 9.59 Å². The van der Waals surface area contributed by atoms with Crippen LogP contribution in [-0.2, 0) is 14.3 Å². The Labute approximate surface area is 205 Å². The first kappa shape index (κ1) is 23.4. The smallest absolute Gasteiger partial charge is 0.407 e. The molecule has 0 saturated heterocycles. The molecule has 3 atom stereocenters. The second-order valence-electron chi connectivity index (χ2n) is 10.4. The van der Waals surface area contributed by atoms with Crippen molar-refractivity contribution in [2.75, 3.05) is 6.61 Å². The fraction of sp³-hybridized carbons (Fsp3) is 0.464. The number of carboxylic acid groups (broad SMARTS) is 1. The van der Waals surface area contributed by atoms with Gasteiger partial charge in [0, 0.05) is 18.4 Å². The van der Waals surface area contributed by atoms with Crippen molar-refractivity contribution >= 4 is 18.0 Å². The van der Waals surface area contributed by atoms with Gasteiger partial charge < -0.3 is 20.5 Å². The van der Waals surface area contributed by atoms with E-state index in [4.69, 9.17) is 4.74 Å². The Bertz CT molecular complexity index is 1100. The van der Waals surface area contributed by atoms with Gasteiger partial charge >= 0.3 is 12.1 Å². The van der Waals surface area contributed by atoms with E-state index in [0.717, 1.165) is 24.0 Å². The van der Waals surface area contributed by atoms with Crippen LogP contribution < -0.4 is 10.6 Å². The Balaban J connectivity index is 1.19. The van der Waals surface area contributed by atoms with Crippen molar-refractivity contribution in [3.05, 3.63) is 59.7 Å². The van der Waals surface area contributed by atoms with Crippen LogP contribution in [0.25, 0.3) is 11.1 Å². The van der Waals surface area contributed by atoms with E-state index in [0.29, 0.717) is 19.3 Å². The van der Waals surface area contributed by atoms with Crippen LogP contribution in [0.2, 0.25) is 0 Å². The van der Waals surface area contributed by atoms with E-state index in [1.54, 1.807) is 0 Å². The molecule has 0 bridgehead atoms. The molecular weight excluding hydrogens is 444 g/mol. The summed E-state index contributed by atoms with van der Waals surface area (Å²) in [6, 6.07) is 16.3. The van der Waals surface area contributed by atoms with Gasteiger partial charge in [0.15, 0.2) is 0 Å². The van der Waals surface area contributed by atoms with Crippen molar-refractivity contribution in [3.63, 3.8) is 0 Å². The molecule has 2 saturated carbocycles. The van der Waals surface area contributed by atoms with Crippen LogP contribution in [0.4, 0.5) is 4.79 Å². The number of carbonyl (C=O) groups excluding carboxylic acids is 2. The van der Waals surface area contributed by atoms with E-state index in [-0.39, 0.29) is 36.8 Å². The highest BCUT2D eigenvalue weighted by atomic mass is 16.5. The predicted molar refractivity (Wildman–Crippen MR) is 131 cm³/mol. The summed E-state index contributed by atoms with van der Waals surface area (Å²) in [7, 11) is 0. The third kappa shape index (κ3) is 4.90. The number of alkyl carbamates (subject to hydrolysis) is 1. The van der Waals surface area contributed by atoms with Crippen molar-refractivity contribution in [2.24, 2.45) is 11.8 Å². The molecule has 3 aliphatic rings. The Morgan fingerprint density at radius 3 is 2.17 bits per heavy atom. The lowest BCUT2D eigenvalue weighted by atomic mass is 9.91. The van der Waals surface area contributed by atoms with Crippen LogP contribution in [0.3, 0.4) is 0 Å². The van der Waals surface area contributed by atoms with Crippen LogP contribution in [-0.4, -0.2) is 41.3 Å². The summed E-state index contributed by atoms with van der Waals surface area (Å²) in [4.78, 5) is 36.9. The van der Waals surface area contributed by atoms with Crippen molar-refractivity contribution in [2.45, 2.75) is 62.9 Å². The summed E-state index contributed by atoms with van der Waals surface area (Å²) in [6.45, 7) is 2.13. The fourth-order valence-electron chi connectivity index (χ4n) is 5.83. The quantitative estimate of drug-likeness (QED) is 0.522. The standard InChI is InChI=1S/C28H32N2O5/c1-28(18-11-12-18,15-25(31)29-19-13-10-17(14-19)26(32)33)30-27(34)35-16-24-22-8-4-2-6-20(22)21-7-3-5-9-23(21)24/h2-9,17-19,24H,10-16H2,1H3,(H,29,31)(H,30,34)(H,32,33). The van der Waals surface area contributed by atoms with Gasteiger partial charge in [0.2, 0.25) is 5.91 Å². The number of hydrogen-bond donors (Lipinski definition) is 3. The van der Waals surface area contributed by atoms with Crippen LogP contribution in [0.1, 0.15) is 62.5 Å². The zero-order valence-corrected chi connectivity index (χ0v) is 20.0. The number of rotatable bonds is 8. The number of hydrogen-bond acceptors (Lipinski definition) is 4. The van der Waals surface area contributed by atoms with Gasteiger partial charge in [0.05, 0.1) is 11.5 Å². The summed E-state index contributed by atoms with van der Waals surface area (Å²) in [5, 5.41) is 15.2. The lowest BCUT2D eigenvalue weighted by Gasteiger charge is -2.31. The van der Waals surface area contributed by atoms with Crippen LogP contribution >= 0.6 is 0 Å². The lowest BCUT2D eigenvalue weighted by Crippen LogP contribution is -2.51. The maximum absolute atomic E-state index is 12.9. The first-order chi connectivity index (χ1) is 16.8. The molecule has 3 N–H and O–H groups in total. The van der Waals surface area contributed by atoms with E-state index in [1.807, 2.05) is 31.2 Å². The molecule has 2 aromatic carbocycles. The SMILES string of the molecule is CC(CC(=O)NC1CCC(C(=O)O)C1)(NC(=O)OCC1c2ccccc2-c2ccccc21)C1CC1. The molecule has 0 radical (unpaired) electrons. The maximum Gasteiger partial charge on any atom is 0.407 e. The van der Waals surface area contributed by atoms with E-state index < -0.39 is 23.5 Å². The predicted octanol–water partition coefficient (Wildman–Crippen LogP) is 4.45. The topological polar surface area (TPSA) is 105 Å². The highest BCUT2D eigenvalue weighted by Gasteiger charge is 2.45. The molecule has 35 heavy (non-hydrogen) atoms. The number of carboxylic acids is 1. The van der Waals surface area contributed by atoms with Gasteiger partial charge in [-0.1, -0.05) is 48.5 Å². The molecule has 0 aliphatic heterocycles. The summed E-state index contributed by atoms with van der Waals surface area (Å²) in [6.07, 6.45) is 3.26. The van der Waals surface area contributed by atoms with Gasteiger partial charge in [-0.05, 0) is 67.2 Å². The fourth-order valence-corrected chi connectivity index (χ4v) is 5.83. The number of aliphatic carboxylic acids is 1. The Hall–Kier alpha value is -3.35. The minimum Gasteiger partial charge on any atom is -0.481 e. The number of fused-ring (bicyclic) bond motifs is 3. The number of benzene rings is 2. The van der Waals surface area contributed by atoms with Crippen molar-refractivity contribution in [1.82, 2.24) is 10.6 Å². The van der Waals surface area contributed by atoms with E-state index in [2.05, 4.69) is 34.9 Å². The van der Waals surface area contributed by atoms with E-state index in [9.17, 15) is 19.5 Å². The Morgan fingerprint density at radius 1 is 0.971 bits per heavy atom. The van der Waals surface area contributed by atoms with Gasteiger partial charge in [-0.2, -0.15) is 0 Å². The molecular formula is C28H32N2O5. The van der Waals surface area contributed by atoms with Gasteiger partial charge in [-0.15, -0.1) is 0 Å². The minimum absolute atomic E-state index is 0.0202. The molecule has 2 fully saturated rings. The zero-order chi connectivity index (χ0) is 24.6. The Kier molecular flexibility index (Phi) is 6.26. The van der Waals surface area contributed by atoms with Gasteiger partial charge in [0.25, 0.3) is 0 Å². The first-order valence-electron chi connectivity index (χ1n) is 12.5. The maximum atomic E-state index is 12.9. The molecule has 5 rings (SSSR count). The van der Waals surface area contributed by atoms with E-state index in [1.165, 1.54) is 11.1 Å². The second-order valence-corrected chi connectivity index (χ2v) is 10.4. The Morgan fingerprint density at radius 2 is 1.60 bits per heavy atom. The molecule has 2 amide bonds. The second kappa shape index (κ2) is 9.36. The number of amides is 2. The molecule has 7 nitrogen and oxygen atoms in total. The molecule has 0 aromatic heterocycles. The zero-order valence-electron chi connectivity index (χ0n) is 20.0. The molecule has 2 aromatic rings. The largest absolute Gasteiger partial charge is 0.481 e. The first-order valence-corrected chi connectivity index (χ1v) is 12.5. The molecule has 7 heteroatoms. The lowest BCUT2D eigenvalue weighted by molar-refractivity contribution is -0.141. The summed E-state index contributed by atoms with van der Waals surface area (Å²) < 4.78 is 5.72. The third-order valence-corrected chi connectivity index (χ3v) is 7.88. The monoisotopic (exact) mass is 476 g/mol. The van der Waals surface area contributed by atoms with Crippen LogP contribution in [0, 0.1) is 11.8 Å². The third-order valence-electron chi connectivity index (χ3n) is 7.88. The van der Waals surface area contributed by atoms with Gasteiger partial charge in [-0.25, -0.2) is 4.79 Å². The summed E-state index contributed by atoms with van der Waals surface area (Å²) in [5.41, 5.74) is 3.96.